The molecule has 140 valence electrons. The minimum absolute atomic E-state index is 0.162. The van der Waals surface area contributed by atoms with E-state index in [1.807, 2.05) is 27.7 Å². The Morgan fingerprint density at radius 3 is 2.16 bits per heavy atom. The third kappa shape index (κ3) is 7.17. The summed E-state index contributed by atoms with van der Waals surface area (Å²) in [4.78, 5) is 0.278. The molecule has 0 aliphatic rings. The summed E-state index contributed by atoms with van der Waals surface area (Å²) in [7, 11) is -3.60. The molecule has 0 fully saturated rings. The molecular weight excluding hydrogens is 338 g/mol. The Kier molecular flexibility index (Phi) is 9.76. The van der Waals surface area contributed by atoms with Gasteiger partial charge in [0.15, 0.2) is 6.29 Å². The maximum absolute atomic E-state index is 12.9. The van der Waals surface area contributed by atoms with Crippen molar-refractivity contribution in [2.45, 2.75) is 51.7 Å². The molecule has 0 aliphatic heterocycles. The van der Waals surface area contributed by atoms with Crippen LogP contribution in [0.2, 0.25) is 0 Å². The smallest absolute Gasteiger partial charge is 0.243 e. The van der Waals surface area contributed by atoms with Gasteiger partial charge in [-0.25, -0.2) is 8.42 Å². The highest BCUT2D eigenvalue weighted by molar-refractivity contribution is 7.89. The lowest BCUT2D eigenvalue weighted by atomic mass is 10.2. The van der Waals surface area contributed by atoms with Crippen molar-refractivity contribution in [3.05, 3.63) is 29.8 Å². The number of benzene rings is 1. The van der Waals surface area contributed by atoms with Crippen LogP contribution in [0.5, 0.6) is 0 Å². The van der Waals surface area contributed by atoms with Crippen LogP contribution >= 0.6 is 0 Å². The van der Waals surface area contributed by atoms with Crippen molar-refractivity contribution in [2.24, 2.45) is 0 Å². The molecular formula is C19H29NO4S. The Balaban J connectivity index is 2.96. The van der Waals surface area contributed by atoms with Crippen LogP contribution in [0, 0.1) is 18.8 Å². The molecule has 0 N–H and O–H groups in total. The van der Waals surface area contributed by atoms with E-state index in [0.29, 0.717) is 32.6 Å². The van der Waals surface area contributed by atoms with Gasteiger partial charge >= 0.3 is 0 Å². The topological polar surface area (TPSA) is 55.8 Å². The van der Waals surface area contributed by atoms with Crippen LogP contribution in [0.3, 0.4) is 0 Å². The Labute approximate surface area is 152 Å². The highest BCUT2D eigenvalue weighted by Gasteiger charge is 2.24. The predicted molar refractivity (Wildman–Crippen MR) is 99.7 cm³/mol. The summed E-state index contributed by atoms with van der Waals surface area (Å²) in [5, 5.41) is 0. The Morgan fingerprint density at radius 1 is 1.04 bits per heavy atom. The zero-order valence-electron chi connectivity index (χ0n) is 15.6. The summed E-state index contributed by atoms with van der Waals surface area (Å²) in [6.07, 6.45) is 0.740. The molecule has 0 radical (unpaired) electrons. The summed E-state index contributed by atoms with van der Waals surface area (Å²) < 4.78 is 38.3. The molecule has 0 atom stereocenters. The van der Waals surface area contributed by atoms with Gasteiger partial charge in [-0.2, -0.15) is 4.31 Å². The molecule has 0 bridgehead atoms. The van der Waals surface area contributed by atoms with Gasteiger partial charge in [0.2, 0.25) is 10.0 Å². The fourth-order valence-corrected chi connectivity index (χ4v) is 3.61. The van der Waals surface area contributed by atoms with Crippen LogP contribution in [0.4, 0.5) is 0 Å². The minimum Gasteiger partial charge on any atom is -0.353 e. The highest BCUT2D eigenvalue weighted by Crippen LogP contribution is 2.17. The molecule has 1 aromatic carbocycles. The van der Waals surface area contributed by atoms with Crippen molar-refractivity contribution < 1.29 is 17.9 Å². The van der Waals surface area contributed by atoms with Crippen molar-refractivity contribution in [1.82, 2.24) is 4.31 Å². The summed E-state index contributed by atoms with van der Waals surface area (Å²) in [6, 6.07) is 6.86. The van der Waals surface area contributed by atoms with E-state index in [0.717, 1.165) is 5.56 Å². The van der Waals surface area contributed by atoms with E-state index >= 15 is 0 Å². The Bertz CT molecular complexity index is 653. The first kappa shape index (κ1) is 21.7. The zero-order valence-corrected chi connectivity index (χ0v) is 16.4. The number of nitrogens with zero attached hydrogens (tertiary/aromatic N) is 1. The molecule has 0 heterocycles. The van der Waals surface area contributed by atoms with E-state index in [1.54, 1.807) is 24.3 Å². The minimum atomic E-state index is -3.60. The van der Waals surface area contributed by atoms with Gasteiger partial charge in [0.25, 0.3) is 0 Å². The van der Waals surface area contributed by atoms with Gasteiger partial charge in [0, 0.05) is 32.6 Å². The average molecular weight is 368 g/mol. The summed E-state index contributed by atoms with van der Waals surface area (Å²) in [5.74, 6) is 5.86. The van der Waals surface area contributed by atoms with E-state index < -0.39 is 16.3 Å². The third-order valence-corrected chi connectivity index (χ3v) is 5.39. The fourth-order valence-electron chi connectivity index (χ4n) is 2.25. The first-order valence-corrected chi connectivity index (χ1v) is 10.1. The summed E-state index contributed by atoms with van der Waals surface area (Å²) >= 11 is 0. The lowest BCUT2D eigenvalue weighted by molar-refractivity contribution is -0.140. The number of hydrogen-bond donors (Lipinski definition) is 0. The van der Waals surface area contributed by atoms with Crippen LogP contribution in [-0.4, -0.2) is 45.3 Å². The van der Waals surface area contributed by atoms with Gasteiger partial charge in [0.05, 0.1) is 11.4 Å². The number of ether oxygens (including phenoxy) is 2. The molecule has 0 aliphatic carbocycles. The van der Waals surface area contributed by atoms with Crippen molar-refractivity contribution in [3.8, 4) is 11.8 Å². The van der Waals surface area contributed by atoms with Crippen LogP contribution < -0.4 is 0 Å². The molecule has 5 nitrogen and oxygen atoms in total. The molecule has 0 saturated carbocycles. The van der Waals surface area contributed by atoms with Gasteiger partial charge < -0.3 is 9.47 Å². The molecule has 0 saturated heterocycles. The zero-order chi connectivity index (χ0) is 18.7. The maximum Gasteiger partial charge on any atom is 0.243 e. The van der Waals surface area contributed by atoms with Crippen molar-refractivity contribution in [3.63, 3.8) is 0 Å². The predicted octanol–water partition coefficient (Wildman–Crippen LogP) is 3.19. The number of rotatable bonds is 10. The van der Waals surface area contributed by atoms with E-state index in [-0.39, 0.29) is 11.4 Å². The van der Waals surface area contributed by atoms with E-state index in [9.17, 15) is 8.42 Å². The van der Waals surface area contributed by atoms with E-state index in [1.165, 1.54) is 4.31 Å². The van der Waals surface area contributed by atoms with Crippen LogP contribution in [0.15, 0.2) is 29.2 Å². The Morgan fingerprint density at radius 2 is 1.64 bits per heavy atom. The highest BCUT2D eigenvalue weighted by atomic mass is 32.2. The first-order valence-electron chi connectivity index (χ1n) is 8.71. The van der Waals surface area contributed by atoms with Gasteiger partial charge in [-0.15, -0.1) is 5.92 Å². The Hall–Kier alpha value is -1.39. The number of sulfonamides is 1. The lowest BCUT2D eigenvalue weighted by Gasteiger charge is -2.23. The maximum atomic E-state index is 12.9. The van der Waals surface area contributed by atoms with Crippen LogP contribution in [0.1, 0.15) is 39.2 Å². The normalized spacial score (nSPS) is 11.6. The fraction of sp³-hybridized carbons (Fsp3) is 0.579. The van der Waals surface area contributed by atoms with Crippen molar-refractivity contribution in [1.29, 1.82) is 0 Å². The van der Waals surface area contributed by atoms with Crippen molar-refractivity contribution in [2.75, 3.05) is 26.3 Å². The van der Waals surface area contributed by atoms with E-state index in [2.05, 4.69) is 11.8 Å². The second kappa shape index (κ2) is 11.3. The summed E-state index contributed by atoms with van der Waals surface area (Å²) in [5.41, 5.74) is 1.02. The molecule has 1 aromatic rings. The standard InChI is InChI=1S/C19H29NO4S/c1-5-8-9-15-20(16-14-19(23-6-2)24-7-3)25(21,22)18-12-10-17(4)11-13-18/h10-13,19H,5-7,14-16H2,1-4H3. The largest absolute Gasteiger partial charge is 0.353 e. The SMILES string of the molecule is CCC#CCN(CCC(OCC)OCC)S(=O)(=O)c1ccc(C)cc1. The molecule has 6 heteroatoms. The quantitative estimate of drug-likeness (QED) is 0.471. The van der Waals surface area contributed by atoms with E-state index in [4.69, 9.17) is 9.47 Å². The monoisotopic (exact) mass is 367 g/mol. The molecule has 0 aromatic heterocycles. The first-order chi connectivity index (χ1) is 12.0. The lowest BCUT2D eigenvalue weighted by Crippen LogP contribution is -2.35. The van der Waals surface area contributed by atoms with Gasteiger partial charge in [-0.1, -0.05) is 30.5 Å². The van der Waals surface area contributed by atoms with Gasteiger partial charge in [-0.3, -0.25) is 0 Å². The second-order valence-electron chi connectivity index (χ2n) is 5.49. The van der Waals surface area contributed by atoms with Crippen LogP contribution in [0.25, 0.3) is 0 Å². The van der Waals surface area contributed by atoms with Gasteiger partial charge in [-0.05, 0) is 32.9 Å². The third-order valence-electron chi connectivity index (χ3n) is 3.54. The van der Waals surface area contributed by atoms with Crippen molar-refractivity contribution >= 4 is 10.0 Å². The average Bonchev–Trinajstić information content (AvgIpc) is 2.58. The van der Waals surface area contributed by atoms with Gasteiger partial charge in [0.1, 0.15) is 0 Å². The molecule has 25 heavy (non-hydrogen) atoms. The summed E-state index contributed by atoms with van der Waals surface area (Å²) in [6.45, 7) is 9.13. The molecule has 0 spiro atoms. The number of aryl methyl sites for hydroxylation is 1. The number of hydrogen-bond acceptors (Lipinski definition) is 4. The molecule has 0 amide bonds. The molecule has 0 unspecified atom stereocenters. The molecule has 1 rings (SSSR count). The second-order valence-corrected chi connectivity index (χ2v) is 7.43. The van der Waals surface area contributed by atoms with Crippen LogP contribution in [-0.2, 0) is 19.5 Å².